The average molecular weight is 421 g/mol. The van der Waals surface area contributed by atoms with Crippen LogP contribution < -0.4 is 10.6 Å². The molecule has 2 aromatic rings. The Morgan fingerprint density at radius 3 is 1.38 bits per heavy atom. The van der Waals surface area contributed by atoms with Crippen LogP contribution in [0.15, 0.2) is 60.7 Å². The molecule has 1 saturated heterocycles. The molecule has 26 heavy (non-hydrogen) atoms. The summed E-state index contributed by atoms with van der Waals surface area (Å²) in [6, 6.07) is 22.6. The topological polar surface area (TPSA) is 0 Å². The van der Waals surface area contributed by atoms with Gasteiger partial charge in [0.15, 0.2) is 0 Å². The van der Waals surface area contributed by atoms with Crippen molar-refractivity contribution in [2.24, 2.45) is 0 Å². The number of hydrogen-bond donors (Lipinski definition) is 0. The van der Waals surface area contributed by atoms with Gasteiger partial charge >= 0.3 is 0 Å². The molecule has 0 atom stereocenters. The van der Waals surface area contributed by atoms with Crippen LogP contribution in [0.4, 0.5) is 0 Å². The lowest BCUT2D eigenvalue weighted by molar-refractivity contribution is 1.07. The molecule has 0 amide bonds. The zero-order valence-electron chi connectivity index (χ0n) is 15.6. The third kappa shape index (κ3) is 7.20. The van der Waals surface area contributed by atoms with E-state index in [1.54, 1.807) is 10.6 Å². The van der Waals surface area contributed by atoms with Gasteiger partial charge in [0.05, 0.1) is 0 Å². The summed E-state index contributed by atoms with van der Waals surface area (Å²) in [7, 11) is 0.0994. The van der Waals surface area contributed by atoms with Crippen LogP contribution in [0.1, 0.15) is 12.8 Å². The van der Waals surface area contributed by atoms with Crippen LogP contribution in [-0.4, -0.2) is 47.7 Å². The second-order valence-corrected chi connectivity index (χ2v) is 14.0. The fourth-order valence-electron chi connectivity index (χ4n) is 3.29. The largest absolute Gasteiger partial charge is 0.162 e. The van der Waals surface area contributed by atoms with Crippen molar-refractivity contribution < 1.29 is 0 Å². The molecule has 0 bridgehead atoms. The van der Waals surface area contributed by atoms with Gasteiger partial charge in [-0.3, -0.25) is 0 Å². The van der Waals surface area contributed by atoms with Crippen molar-refractivity contribution in [3.05, 3.63) is 60.7 Å². The molecule has 0 unspecified atom stereocenters. The molecule has 0 aliphatic carbocycles. The molecule has 1 aliphatic rings. The smallest absolute Gasteiger partial charge is 0.00251 e. The Labute approximate surface area is 170 Å². The van der Waals surface area contributed by atoms with Gasteiger partial charge < -0.3 is 0 Å². The summed E-state index contributed by atoms with van der Waals surface area (Å²) >= 11 is 4.39. The Morgan fingerprint density at radius 2 is 0.923 bits per heavy atom. The van der Waals surface area contributed by atoms with E-state index in [0.717, 1.165) is 0 Å². The van der Waals surface area contributed by atoms with Crippen LogP contribution in [0.2, 0.25) is 0 Å². The lowest BCUT2D eigenvalue weighted by Crippen LogP contribution is -2.10. The van der Waals surface area contributed by atoms with Crippen molar-refractivity contribution in [3.8, 4) is 0 Å². The highest BCUT2D eigenvalue weighted by Gasteiger charge is 2.13. The van der Waals surface area contributed by atoms with Crippen LogP contribution in [-0.2, 0) is 0 Å². The lowest BCUT2D eigenvalue weighted by Gasteiger charge is -2.20. The van der Waals surface area contributed by atoms with E-state index in [4.69, 9.17) is 0 Å². The number of benzene rings is 2. The Kier molecular flexibility index (Phi) is 9.93. The number of hydrogen-bond acceptors (Lipinski definition) is 2. The van der Waals surface area contributed by atoms with Gasteiger partial charge in [-0.1, -0.05) is 76.5 Å². The Hall–Kier alpha value is -0.000000000000000111. The third-order valence-corrected chi connectivity index (χ3v) is 12.7. The quantitative estimate of drug-likeness (QED) is 0.558. The second kappa shape index (κ2) is 12.5. The molecule has 1 aliphatic heterocycles. The average Bonchev–Trinajstić information content (AvgIpc) is 2.71. The molecule has 0 radical (unpaired) electrons. The highest BCUT2D eigenvalue weighted by Crippen LogP contribution is 2.39. The Bertz CT molecular complexity index is 535. The number of thioether (sulfide) groups is 2. The van der Waals surface area contributed by atoms with Gasteiger partial charge in [-0.15, -0.1) is 0 Å². The van der Waals surface area contributed by atoms with Gasteiger partial charge in [0.2, 0.25) is 0 Å². The van der Waals surface area contributed by atoms with E-state index < -0.39 is 0 Å². The maximum atomic E-state index is 2.36. The first kappa shape index (κ1) is 20.7. The highest BCUT2D eigenvalue weighted by atomic mass is 32.2. The summed E-state index contributed by atoms with van der Waals surface area (Å²) in [4.78, 5) is 0. The van der Waals surface area contributed by atoms with E-state index in [1.165, 1.54) is 60.5 Å². The zero-order valence-corrected chi connectivity index (χ0v) is 19.0. The van der Waals surface area contributed by atoms with Gasteiger partial charge in [0, 0.05) is 0 Å². The summed E-state index contributed by atoms with van der Waals surface area (Å²) < 4.78 is 0. The van der Waals surface area contributed by atoms with Gasteiger partial charge in [0.25, 0.3) is 0 Å². The fraction of sp³-hybridized carbons (Fsp3) is 0.455. The van der Waals surface area contributed by atoms with Crippen molar-refractivity contribution in [2.75, 3.05) is 47.7 Å². The molecule has 3 rings (SSSR count). The standard InChI is InChI=1S/C22H30P2S2/c1-3-9-21(10-4-1)23-13-7-17-25-19-15-24(16-20-26-18-8-14-23)22-11-5-2-6-12-22/h1-6,9-12H,7-8,13-20H2. The molecule has 2 aromatic carbocycles. The minimum Gasteiger partial charge on any atom is -0.162 e. The molecule has 0 N–H and O–H groups in total. The zero-order chi connectivity index (χ0) is 17.9. The van der Waals surface area contributed by atoms with Crippen molar-refractivity contribution in [3.63, 3.8) is 0 Å². The third-order valence-electron chi connectivity index (χ3n) is 4.69. The first-order valence-electron chi connectivity index (χ1n) is 9.69. The molecule has 0 spiro atoms. The van der Waals surface area contributed by atoms with Gasteiger partial charge in [-0.05, 0) is 71.1 Å². The Balaban J connectivity index is 1.53. The Morgan fingerprint density at radius 1 is 0.500 bits per heavy atom. The van der Waals surface area contributed by atoms with Crippen molar-refractivity contribution in [2.45, 2.75) is 12.8 Å². The summed E-state index contributed by atoms with van der Waals surface area (Å²) in [5.74, 6) is 5.37. The molecular formula is C22H30P2S2. The van der Waals surface area contributed by atoms with Crippen molar-refractivity contribution in [1.29, 1.82) is 0 Å². The highest BCUT2D eigenvalue weighted by molar-refractivity contribution is 8.00. The molecule has 0 nitrogen and oxygen atoms in total. The molecule has 140 valence electrons. The van der Waals surface area contributed by atoms with Crippen molar-refractivity contribution >= 4 is 50.0 Å². The normalized spacial score (nSPS) is 23.8. The predicted molar refractivity (Wildman–Crippen MR) is 129 cm³/mol. The SMILES string of the molecule is c1ccc(P2CCCSCCP(c3ccccc3)CCSCCC2)cc1. The van der Waals surface area contributed by atoms with E-state index in [2.05, 4.69) is 84.2 Å². The minimum atomic E-state index is 0.0422. The maximum absolute atomic E-state index is 2.36. The summed E-state index contributed by atoms with van der Waals surface area (Å²) in [6.45, 7) is 0. The van der Waals surface area contributed by atoms with Gasteiger partial charge in [0.1, 0.15) is 0 Å². The van der Waals surface area contributed by atoms with Crippen molar-refractivity contribution in [1.82, 2.24) is 0 Å². The van der Waals surface area contributed by atoms with E-state index in [0.29, 0.717) is 0 Å². The molecule has 1 fully saturated rings. The van der Waals surface area contributed by atoms with Gasteiger partial charge in [-0.25, -0.2) is 0 Å². The van der Waals surface area contributed by atoms with E-state index in [9.17, 15) is 0 Å². The van der Waals surface area contributed by atoms with Crippen LogP contribution in [0, 0.1) is 0 Å². The summed E-state index contributed by atoms with van der Waals surface area (Å²) in [6.07, 6.45) is 8.42. The van der Waals surface area contributed by atoms with Crippen LogP contribution >= 0.6 is 39.4 Å². The maximum Gasteiger partial charge on any atom is -0.00251 e. The fourth-order valence-corrected chi connectivity index (χ4v) is 11.4. The van der Waals surface area contributed by atoms with Crippen LogP contribution in [0.25, 0.3) is 0 Å². The molecule has 4 heteroatoms. The van der Waals surface area contributed by atoms with Gasteiger partial charge in [-0.2, -0.15) is 23.5 Å². The van der Waals surface area contributed by atoms with E-state index >= 15 is 0 Å². The second-order valence-electron chi connectivity index (χ2n) is 6.58. The van der Waals surface area contributed by atoms with Crippen LogP contribution in [0.5, 0.6) is 0 Å². The summed E-state index contributed by atoms with van der Waals surface area (Å²) in [5.41, 5.74) is 0. The van der Waals surface area contributed by atoms with Crippen LogP contribution in [0.3, 0.4) is 0 Å². The molecule has 0 aromatic heterocycles. The summed E-state index contributed by atoms with van der Waals surface area (Å²) in [5, 5.41) is 3.24. The minimum absolute atomic E-state index is 0.0422. The first-order chi connectivity index (χ1) is 12.9. The molecule has 1 heterocycles. The molecule has 0 saturated carbocycles. The monoisotopic (exact) mass is 420 g/mol. The molecular weight excluding hydrogens is 390 g/mol. The van der Waals surface area contributed by atoms with E-state index in [1.807, 2.05) is 0 Å². The first-order valence-corrected chi connectivity index (χ1v) is 15.4. The predicted octanol–water partition coefficient (Wildman–Crippen LogP) is 5.86. The number of rotatable bonds is 2. The van der Waals surface area contributed by atoms with E-state index in [-0.39, 0.29) is 15.8 Å². The lowest BCUT2D eigenvalue weighted by atomic mass is 10.4.